The summed E-state index contributed by atoms with van der Waals surface area (Å²) >= 11 is 0. The Morgan fingerprint density at radius 3 is 2.55 bits per heavy atom. The van der Waals surface area contributed by atoms with Crippen molar-refractivity contribution >= 4 is 6.09 Å². The average molecular weight is 281 g/mol. The Bertz CT molecular complexity index is 501. The molecule has 5 nitrogen and oxygen atoms in total. The molecule has 0 N–H and O–H groups in total. The van der Waals surface area contributed by atoms with Crippen molar-refractivity contribution < 1.29 is 13.9 Å². The van der Waals surface area contributed by atoms with Crippen LogP contribution < -0.4 is 5.63 Å². The maximum absolute atomic E-state index is 12.1. The molecule has 0 aromatic carbocycles. The van der Waals surface area contributed by atoms with Crippen LogP contribution in [-0.4, -0.2) is 23.6 Å². The first-order valence-corrected chi connectivity index (χ1v) is 6.80. The van der Waals surface area contributed by atoms with E-state index < -0.39 is 17.3 Å². The summed E-state index contributed by atoms with van der Waals surface area (Å²) in [6.45, 7) is 7.46. The summed E-state index contributed by atoms with van der Waals surface area (Å²) in [6, 6.07) is 4.39. The molecule has 1 aromatic heterocycles. The summed E-state index contributed by atoms with van der Waals surface area (Å²) in [5.74, 6) is 0.479. The third-order valence-electron chi connectivity index (χ3n) is 2.75. The van der Waals surface area contributed by atoms with Crippen LogP contribution >= 0.6 is 0 Å². The van der Waals surface area contributed by atoms with E-state index in [2.05, 4.69) is 0 Å². The highest BCUT2D eigenvalue weighted by atomic mass is 16.6. The van der Waals surface area contributed by atoms with E-state index in [-0.39, 0.29) is 6.04 Å². The standard InChI is InChI=1S/C15H23NO4/c1-6-8-11(12-9-7-10-13(17)19-12)16(5)14(18)20-15(2,3)4/h7,9-11H,6,8H2,1-5H3/t11-/m1/s1. The van der Waals surface area contributed by atoms with E-state index >= 15 is 0 Å². The molecule has 0 bridgehead atoms. The molecule has 0 saturated heterocycles. The van der Waals surface area contributed by atoms with Crippen LogP contribution in [0.15, 0.2) is 27.4 Å². The Hall–Kier alpha value is -1.78. The van der Waals surface area contributed by atoms with Crippen molar-refractivity contribution in [3.8, 4) is 0 Å². The van der Waals surface area contributed by atoms with Crippen LogP contribution in [0.4, 0.5) is 4.79 Å². The van der Waals surface area contributed by atoms with Crippen molar-refractivity contribution in [2.24, 2.45) is 0 Å². The molecule has 0 aliphatic carbocycles. The molecule has 1 amide bonds. The van der Waals surface area contributed by atoms with Crippen LogP contribution in [0, 0.1) is 0 Å². The highest BCUT2D eigenvalue weighted by Gasteiger charge is 2.27. The maximum Gasteiger partial charge on any atom is 0.410 e. The van der Waals surface area contributed by atoms with Gasteiger partial charge < -0.3 is 14.1 Å². The Morgan fingerprint density at radius 2 is 2.05 bits per heavy atom. The van der Waals surface area contributed by atoms with Crippen molar-refractivity contribution in [1.82, 2.24) is 4.90 Å². The molecule has 5 heteroatoms. The van der Waals surface area contributed by atoms with Gasteiger partial charge in [-0.05, 0) is 33.3 Å². The molecule has 1 heterocycles. The molecular formula is C15H23NO4. The van der Waals surface area contributed by atoms with Gasteiger partial charge in [0.25, 0.3) is 0 Å². The van der Waals surface area contributed by atoms with E-state index in [0.717, 1.165) is 6.42 Å². The molecule has 0 unspecified atom stereocenters. The average Bonchev–Trinajstić information content (AvgIpc) is 2.33. The van der Waals surface area contributed by atoms with Crippen LogP contribution in [0.25, 0.3) is 0 Å². The molecule has 0 radical (unpaired) electrons. The van der Waals surface area contributed by atoms with Gasteiger partial charge in [-0.25, -0.2) is 9.59 Å². The molecule has 0 aliphatic heterocycles. The van der Waals surface area contributed by atoms with Gasteiger partial charge in [0.05, 0.1) is 6.04 Å². The van der Waals surface area contributed by atoms with Crippen LogP contribution in [0.1, 0.15) is 52.3 Å². The summed E-state index contributed by atoms with van der Waals surface area (Å²) in [7, 11) is 1.65. The minimum Gasteiger partial charge on any atom is -0.444 e. The second-order valence-corrected chi connectivity index (χ2v) is 5.74. The minimum atomic E-state index is -0.556. The van der Waals surface area contributed by atoms with Gasteiger partial charge in [0.1, 0.15) is 11.4 Å². The van der Waals surface area contributed by atoms with Gasteiger partial charge >= 0.3 is 11.7 Å². The van der Waals surface area contributed by atoms with Gasteiger partial charge in [-0.15, -0.1) is 0 Å². The van der Waals surface area contributed by atoms with Crippen LogP contribution in [0.2, 0.25) is 0 Å². The lowest BCUT2D eigenvalue weighted by molar-refractivity contribution is 0.0188. The zero-order valence-corrected chi connectivity index (χ0v) is 12.8. The third kappa shape index (κ3) is 4.72. The van der Waals surface area contributed by atoms with E-state index in [1.807, 2.05) is 27.7 Å². The zero-order chi connectivity index (χ0) is 15.3. The Morgan fingerprint density at radius 1 is 1.40 bits per heavy atom. The van der Waals surface area contributed by atoms with E-state index in [9.17, 15) is 9.59 Å². The van der Waals surface area contributed by atoms with E-state index in [4.69, 9.17) is 9.15 Å². The number of rotatable bonds is 4. The van der Waals surface area contributed by atoms with E-state index in [1.165, 1.54) is 11.0 Å². The lowest BCUT2D eigenvalue weighted by Gasteiger charge is -2.29. The number of carbonyl (C=O) groups is 1. The molecule has 112 valence electrons. The molecule has 0 saturated carbocycles. The topological polar surface area (TPSA) is 59.8 Å². The molecule has 1 rings (SSSR count). The summed E-state index contributed by atoms with van der Waals surface area (Å²) in [5, 5.41) is 0. The van der Waals surface area contributed by atoms with Gasteiger partial charge in [-0.1, -0.05) is 19.4 Å². The summed E-state index contributed by atoms with van der Waals surface area (Å²) < 4.78 is 10.5. The maximum atomic E-state index is 12.1. The van der Waals surface area contributed by atoms with Crippen molar-refractivity contribution in [1.29, 1.82) is 0 Å². The Balaban J connectivity index is 2.96. The third-order valence-corrected chi connectivity index (χ3v) is 2.75. The highest BCUT2D eigenvalue weighted by Crippen LogP contribution is 2.25. The predicted molar refractivity (Wildman–Crippen MR) is 76.6 cm³/mol. The van der Waals surface area contributed by atoms with Gasteiger partial charge in [0.15, 0.2) is 0 Å². The van der Waals surface area contributed by atoms with Gasteiger partial charge in [0.2, 0.25) is 0 Å². The first-order valence-electron chi connectivity index (χ1n) is 6.80. The predicted octanol–water partition coefficient (Wildman–Crippen LogP) is 3.35. The van der Waals surface area contributed by atoms with E-state index in [0.29, 0.717) is 12.2 Å². The molecular weight excluding hydrogens is 258 g/mol. The number of carbonyl (C=O) groups excluding carboxylic acids is 1. The number of hydrogen-bond donors (Lipinski definition) is 0. The molecule has 1 aromatic rings. The number of hydrogen-bond acceptors (Lipinski definition) is 4. The summed E-state index contributed by atoms with van der Waals surface area (Å²) in [4.78, 5) is 24.9. The monoisotopic (exact) mass is 281 g/mol. The first-order chi connectivity index (χ1) is 9.24. The quantitative estimate of drug-likeness (QED) is 0.849. The molecule has 1 atom stereocenters. The van der Waals surface area contributed by atoms with Crippen molar-refractivity contribution in [3.05, 3.63) is 34.4 Å². The zero-order valence-electron chi connectivity index (χ0n) is 12.8. The van der Waals surface area contributed by atoms with Crippen LogP contribution in [0.3, 0.4) is 0 Å². The molecule has 0 fully saturated rings. The first kappa shape index (κ1) is 16.3. The summed E-state index contributed by atoms with van der Waals surface area (Å²) in [6.07, 6.45) is 1.13. The number of amides is 1. The largest absolute Gasteiger partial charge is 0.444 e. The highest BCUT2D eigenvalue weighted by molar-refractivity contribution is 5.68. The lowest BCUT2D eigenvalue weighted by atomic mass is 10.1. The van der Waals surface area contributed by atoms with E-state index in [1.54, 1.807) is 19.2 Å². The van der Waals surface area contributed by atoms with Crippen LogP contribution in [-0.2, 0) is 4.74 Å². The van der Waals surface area contributed by atoms with Crippen molar-refractivity contribution in [2.45, 2.75) is 52.2 Å². The van der Waals surface area contributed by atoms with Crippen molar-refractivity contribution in [3.63, 3.8) is 0 Å². The number of ether oxygens (including phenoxy) is 1. The minimum absolute atomic E-state index is 0.302. The smallest absolute Gasteiger partial charge is 0.410 e. The second-order valence-electron chi connectivity index (χ2n) is 5.74. The second kappa shape index (κ2) is 6.59. The van der Waals surface area contributed by atoms with Gasteiger partial charge in [-0.2, -0.15) is 0 Å². The van der Waals surface area contributed by atoms with Crippen molar-refractivity contribution in [2.75, 3.05) is 7.05 Å². The fourth-order valence-corrected chi connectivity index (χ4v) is 1.85. The normalized spacial score (nSPS) is 12.8. The summed E-state index contributed by atoms with van der Waals surface area (Å²) in [5.41, 5.74) is -0.971. The SMILES string of the molecule is CCC[C@H](c1cccc(=O)o1)N(C)C(=O)OC(C)(C)C. The van der Waals surface area contributed by atoms with Crippen LogP contribution in [0.5, 0.6) is 0 Å². The van der Waals surface area contributed by atoms with Gasteiger partial charge in [0, 0.05) is 13.1 Å². The Labute approximate surface area is 119 Å². The fourth-order valence-electron chi connectivity index (χ4n) is 1.85. The molecule has 0 spiro atoms. The molecule has 0 aliphatic rings. The van der Waals surface area contributed by atoms with Gasteiger partial charge in [-0.3, -0.25) is 0 Å². The fraction of sp³-hybridized carbons (Fsp3) is 0.600. The molecule has 20 heavy (non-hydrogen) atoms. The Kier molecular flexibility index (Phi) is 5.36. The number of nitrogens with zero attached hydrogens (tertiary/aromatic N) is 1. The lowest BCUT2D eigenvalue weighted by Crippen LogP contribution is -2.36.